The summed E-state index contributed by atoms with van der Waals surface area (Å²) >= 11 is 0. The van der Waals surface area contributed by atoms with E-state index in [1.165, 1.54) is 11.1 Å². The lowest BCUT2D eigenvalue weighted by molar-refractivity contribution is 0.0256. The highest BCUT2D eigenvalue weighted by molar-refractivity contribution is 5.32. The number of fused-ring (bicyclic) bond motifs is 1. The zero-order valence-electron chi connectivity index (χ0n) is 8.79. The Labute approximate surface area is 85.3 Å². The normalized spacial score (nSPS) is 25.9. The molecule has 0 saturated heterocycles. The average molecular weight is 191 g/mol. The van der Waals surface area contributed by atoms with Crippen molar-refractivity contribution in [3.8, 4) is 0 Å². The molecule has 2 heteroatoms. The van der Waals surface area contributed by atoms with Gasteiger partial charge >= 0.3 is 0 Å². The predicted molar refractivity (Wildman–Crippen MR) is 57.1 cm³/mol. The number of ether oxygens (including phenoxy) is 1. The summed E-state index contributed by atoms with van der Waals surface area (Å²) in [5.74, 6) is 0. The topological polar surface area (TPSA) is 21.3 Å². The second kappa shape index (κ2) is 4.11. The van der Waals surface area contributed by atoms with E-state index in [9.17, 15) is 0 Å². The van der Waals surface area contributed by atoms with E-state index in [-0.39, 0.29) is 6.23 Å². The van der Waals surface area contributed by atoms with E-state index in [2.05, 4.69) is 36.5 Å². The van der Waals surface area contributed by atoms with Gasteiger partial charge in [-0.25, -0.2) is 0 Å². The second-order valence-electron chi connectivity index (χ2n) is 3.74. The fourth-order valence-electron chi connectivity index (χ4n) is 2.08. The largest absolute Gasteiger partial charge is 0.363 e. The van der Waals surface area contributed by atoms with Crippen LogP contribution in [0.2, 0.25) is 0 Å². The number of hydrogen-bond donors (Lipinski definition) is 1. The van der Waals surface area contributed by atoms with Crippen LogP contribution in [0.4, 0.5) is 0 Å². The van der Waals surface area contributed by atoms with Crippen molar-refractivity contribution >= 4 is 0 Å². The summed E-state index contributed by atoms with van der Waals surface area (Å²) < 4.78 is 5.60. The van der Waals surface area contributed by atoms with E-state index in [1.54, 1.807) is 0 Å². The summed E-state index contributed by atoms with van der Waals surface area (Å²) in [5.41, 5.74) is 2.82. The molecule has 2 nitrogen and oxygen atoms in total. The molecule has 0 spiro atoms. The van der Waals surface area contributed by atoms with Crippen LogP contribution in [0.3, 0.4) is 0 Å². The first-order chi connectivity index (χ1) is 6.81. The van der Waals surface area contributed by atoms with Gasteiger partial charge in [-0.05, 0) is 25.0 Å². The van der Waals surface area contributed by atoms with Crippen LogP contribution in [0.5, 0.6) is 0 Å². The maximum Gasteiger partial charge on any atom is 0.112 e. The van der Waals surface area contributed by atoms with Gasteiger partial charge in [0, 0.05) is 19.1 Å². The Morgan fingerprint density at radius 1 is 1.43 bits per heavy atom. The molecule has 1 aliphatic rings. The summed E-state index contributed by atoms with van der Waals surface area (Å²) in [5, 5.41) is 3.45. The Bertz CT molecular complexity index is 311. The van der Waals surface area contributed by atoms with Crippen LogP contribution in [0, 0.1) is 0 Å². The van der Waals surface area contributed by atoms with Gasteiger partial charge in [-0.3, -0.25) is 5.32 Å². The Balaban J connectivity index is 2.20. The third-order valence-corrected chi connectivity index (χ3v) is 2.73. The molecule has 76 valence electrons. The molecule has 1 aromatic rings. The molecule has 1 unspecified atom stereocenters. The highest BCUT2D eigenvalue weighted by atomic mass is 16.5. The highest BCUT2D eigenvalue weighted by Gasteiger charge is 2.22. The summed E-state index contributed by atoms with van der Waals surface area (Å²) in [7, 11) is 0. The van der Waals surface area contributed by atoms with Crippen LogP contribution in [0.25, 0.3) is 0 Å². The third kappa shape index (κ3) is 1.81. The van der Waals surface area contributed by atoms with Crippen LogP contribution in [-0.4, -0.2) is 12.8 Å². The SMILES string of the molecule is CCOC1Cc2ccccc2[C@@H](C)N1. The Kier molecular flexibility index (Phi) is 2.85. The zero-order chi connectivity index (χ0) is 9.97. The van der Waals surface area contributed by atoms with Crippen LogP contribution in [0.1, 0.15) is 31.0 Å². The maximum atomic E-state index is 5.60. The summed E-state index contributed by atoms with van der Waals surface area (Å²) in [6.45, 7) is 4.99. The van der Waals surface area contributed by atoms with Crippen LogP contribution >= 0.6 is 0 Å². The molecule has 0 fully saturated rings. The van der Waals surface area contributed by atoms with Gasteiger partial charge in [0.25, 0.3) is 0 Å². The van der Waals surface area contributed by atoms with E-state index in [1.807, 2.05) is 6.92 Å². The molecule has 0 aromatic heterocycles. The van der Waals surface area contributed by atoms with Gasteiger partial charge in [-0.2, -0.15) is 0 Å². The molecule has 0 aliphatic carbocycles. The Hall–Kier alpha value is -0.860. The molecule has 1 N–H and O–H groups in total. The molecular formula is C12H17NO. The van der Waals surface area contributed by atoms with E-state index in [4.69, 9.17) is 4.74 Å². The van der Waals surface area contributed by atoms with Gasteiger partial charge in [0.05, 0.1) is 0 Å². The minimum Gasteiger partial charge on any atom is -0.363 e. The smallest absolute Gasteiger partial charge is 0.112 e. The lowest BCUT2D eigenvalue weighted by Crippen LogP contribution is -2.40. The lowest BCUT2D eigenvalue weighted by atomic mass is 9.94. The van der Waals surface area contributed by atoms with Crippen LogP contribution in [-0.2, 0) is 11.2 Å². The van der Waals surface area contributed by atoms with Crippen molar-refractivity contribution in [3.05, 3.63) is 35.4 Å². The molecule has 0 amide bonds. The Morgan fingerprint density at radius 2 is 2.21 bits per heavy atom. The standard InChI is InChI=1S/C12H17NO/c1-3-14-12-8-10-6-4-5-7-11(10)9(2)13-12/h4-7,9,12-13H,3,8H2,1-2H3/t9-,12?/m1/s1. The molecule has 1 aromatic carbocycles. The number of benzene rings is 1. The molecule has 1 heterocycles. The van der Waals surface area contributed by atoms with Crippen molar-refractivity contribution in [2.75, 3.05) is 6.61 Å². The molecule has 0 radical (unpaired) electrons. The third-order valence-electron chi connectivity index (χ3n) is 2.73. The van der Waals surface area contributed by atoms with Crippen molar-refractivity contribution in [2.24, 2.45) is 0 Å². The van der Waals surface area contributed by atoms with Crippen molar-refractivity contribution in [1.82, 2.24) is 5.32 Å². The van der Waals surface area contributed by atoms with Gasteiger partial charge in [0.2, 0.25) is 0 Å². The van der Waals surface area contributed by atoms with Gasteiger partial charge in [0.15, 0.2) is 0 Å². The molecule has 0 bridgehead atoms. The van der Waals surface area contributed by atoms with Gasteiger partial charge < -0.3 is 4.74 Å². The first-order valence-corrected chi connectivity index (χ1v) is 5.26. The predicted octanol–water partition coefficient (Wildman–Crippen LogP) is 2.26. The summed E-state index contributed by atoms with van der Waals surface area (Å²) in [4.78, 5) is 0. The van der Waals surface area contributed by atoms with Crippen molar-refractivity contribution in [3.63, 3.8) is 0 Å². The van der Waals surface area contributed by atoms with Crippen molar-refractivity contribution < 1.29 is 4.74 Å². The van der Waals surface area contributed by atoms with E-state index < -0.39 is 0 Å². The zero-order valence-corrected chi connectivity index (χ0v) is 8.79. The monoisotopic (exact) mass is 191 g/mol. The van der Waals surface area contributed by atoms with Gasteiger partial charge in [-0.15, -0.1) is 0 Å². The summed E-state index contributed by atoms with van der Waals surface area (Å²) in [6, 6.07) is 8.97. The quantitative estimate of drug-likeness (QED) is 0.774. The molecule has 2 rings (SSSR count). The van der Waals surface area contributed by atoms with Gasteiger partial charge in [-0.1, -0.05) is 24.3 Å². The number of nitrogens with one attached hydrogen (secondary N) is 1. The van der Waals surface area contributed by atoms with E-state index >= 15 is 0 Å². The van der Waals surface area contributed by atoms with Gasteiger partial charge in [0.1, 0.15) is 6.23 Å². The molecular weight excluding hydrogens is 174 g/mol. The van der Waals surface area contributed by atoms with E-state index in [0.717, 1.165) is 13.0 Å². The minimum absolute atomic E-state index is 0.185. The highest BCUT2D eigenvalue weighted by Crippen LogP contribution is 2.24. The minimum atomic E-state index is 0.185. The molecule has 14 heavy (non-hydrogen) atoms. The molecule has 0 saturated carbocycles. The van der Waals surface area contributed by atoms with Crippen LogP contribution < -0.4 is 5.32 Å². The van der Waals surface area contributed by atoms with Crippen LogP contribution in [0.15, 0.2) is 24.3 Å². The molecule has 1 aliphatic heterocycles. The number of hydrogen-bond acceptors (Lipinski definition) is 2. The summed E-state index contributed by atoms with van der Waals surface area (Å²) in [6.07, 6.45) is 1.17. The first kappa shape index (κ1) is 9.69. The second-order valence-corrected chi connectivity index (χ2v) is 3.74. The fraction of sp³-hybridized carbons (Fsp3) is 0.500. The first-order valence-electron chi connectivity index (χ1n) is 5.26. The molecule has 2 atom stereocenters. The average Bonchev–Trinajstić information content (AvgIpc) is 2.18. The maximum absolute atomic E-state index is 5.60. The fourth-order valence-corrected chi connectivity index (χ4v) is 2.08. The lowest BCUT2D eigenvalue weighted by Gasteiger charge is -2.30. The Morgan fingerprint density at radius 3 is 3.00 bits per heavy atom. The van der Waals surface area contributed by atoms with Crippen molar-refractivity contribution in [2.45, 2.75) is 32.5 Å². The van der Waals surface area contributed by atoms with E-state index in [0.29, 0.717) is 6.04 Å². The van der Waals surface area contributed by atoms with Crippen molar-refractivity contribution in [1.29, 1.82) is 0 Å². The number of rotatable bonds is 2.